The molecule has 8 heteroatoms. The van der Waals surface area contributed by atoms with Crippen molar-refractivity contribution in [2.45, 2.75) is 64.0 Å². The van der Waals surface area contributed by atoms with E-state index < -0.39 is 48.8 Å². The van der Waals surface area contributed by atoms with Gasteiger partial charge < -0.3 is 35.0 Å². The summed E-state index contributed by atoms with van der Waals surface area (Å²) in [5.41, 5.74) is 0.183. The van der Waals surface area contributed by atoms with Gasteiger partial charge in [-0.2, -0.15) is 0 Å². The molecule has 27 heavy (non-hydrogen) atoms. The summed E-state index contributed by atoms with van der Waals surface area (Å²) in [5, 5.41) is 48.6. The molecule has 0 unspecified atom stereocenters. The lowest BCUT2D eigenvalue weighted by molar-refractivity contribution is -0.306. The van der Waals surface area contributed by atoms with Crippen LogP contribution in [0, 0.1) is 11.3 Å². The van der Waals surface area contributed by atoms with Gasteiger partial charge in [-0.25, -0.2) is 0 Å². The quantitative estimate of drug-likeness (QED) is 0.377. The first-order valence-electron chi connectivity index (χ1n) is 9.08. The minimum atomic E-state index is -1.52. The maximum atomic E-state index is 12.1. The van der Waals surface area contributed by atoms with E-state index in [4.69, 9.17) is 9.47 Å². The molecule has 0 aromatic carbocycles. The zero-order chi connectivity index (χ0) is 20.4. The van der Waals surface area contributed by atoms with E-state index in [2.05, 4.69) is 0 Å². The van der Waals surface area contributed by atoms with E-state index >= 15 is 0 Å². The summed E-state index contributed by atoms with van der Waals surface area (Å²) in [7, 11) is 0. The molecule has 8 nitrogen and oxygen atoms in total. The number of hydrogen-bond acceptors (Lipinski definition) is 8. The molecule has 1 aliphatic carbocycles. The molecule has 0 amide bonds. The second-order valence-electron chi connectivity index (χ2n) is 7.80. The molecule has 1 saturated heterocycles. The van der Waals surface area contributed by atoms with Gasteiger partial charge in [0.1, 0.15) is 24.4 Å². The molecule has 0 aromatic rings. The van der Waals surface area contributed by atoms with Crippen LogP contribution >= 0.6 is 0 Å². The molecule has 0 radical (unpaired) electrons. The fourth-order valence-electron chi connectivity index (χ4n) is 3.73. The van der Waals surface area contributed by atoms with Crippen LogP contribution in [0.5, 0.6) is 0 Å². The first-order chi connectivity index (χ1) is 12.6. The normalized spacial score (nSPS) is 41.6. The Bertz CT molecular complexity index is 584. The van der Waals surface area contributed by atoms with E-state index in [1.807, 2.05) is 19.9 Å². The largest absolute Gasteiger partial charge is 0.394 e. The van der Waals surface area contributed by atoms with Gasteiger partial charge in [-0.3, -0.25) is 4.79 Å². The van der Waals surface area contributed by atoms with E-state index in [-0.39, 0.29) is 24.7 Å². The summed E-state index contributed by atoms with van der Waals surface area (Å²) in [5.74, 6) is -0.219. The number of allylic oxidation sites excluding steroid dienone is 3. The second kappa shape index (κ2) is 8.91. The van der Waals surface area contributed by atoms with Crippen LogP contribution in [-0.2, 0) is 14.3 Å². The van der Waals surface area contributed by atoms with Crippen LogP contribution in [0.15, 0.2) is 23.8 Å². The van der Waals surface area contributed by atoms with Crippen molar-refractivity contribution in [2.24, 2.45) is 11.3 Å². The Morgan fingerprint density at radius 2 is 2.00 bits per heavy atom. The Kier molecular flexibility index (Phi) is 7.32. The van der Waals surface area contributed by atoms with Crippen molar-refractivity contribution in [3.05, 3.63) is 23.8 Å². The van der Waals surface area contributed by atoms with Gasteiger partial charge >= 0.3 is 0 Å². The predicted molar refractivity (Wildman–Crippen MR) is 95.5 cm³/mol. The molecule has 0 bridgehead atoms. The monoisotopic (exact) mass is 386 g/mol. The molecule has 0 spiro atoms. The van der Waals surface area contributed by atoms with Gasteiger partial charge in [0.25, 0.3) is 0 Å². The summed E-state index contributed by atoms with van der Waals surface area (Å²) in [6, 6.07) is 0. The number of carbonyl (C=O) groups excluding carboxylic acids is 1. The minimum Gasteiger partial charge on any atom is -0.394 e. The number of ether oxygens (including phenoxy) is 2. The van der Waals surface area contributed by atoms with Crippen molar-refractivity contribution in [1.82, 2.24) is 0 Å². The average Bonchev–Trinajstić information content (AvgIpc) is 2.58. The van der Waals surface area contributed by atoms with Gasteiger partial charge in [-0.1, -0.05) is 24.6 Å². The first-order valence-corrected chi connectivity index (χ1v) is 9.08. The van der Waals surface area contributed by atoms with Gasteiger partial charge in [0.2, 0.25) is 0 Å². The van der Waals surface area contributed by atoms with Crippen LogP contribution in [0.3, 0.4) is 0 Å². The average molecular weight is 386 g/mol. The third-order valence-electron chi connectivity index (χ3n) is 5.22. The van der Waals surface area contributed by atoms with E-state index in [0.717, 1.165) is 5.57 Å². The Morgan fingerprint density at radius 3 is 2.59 bits per heavy atom. The molecule has 8 atom stereocenters. The highest BCUT2D eigenvalue weighted by Gasteiger charge is 2.46. The second-order valence-corrected chi connectivity index (χ2v) is 7.80. The predicted octanol–water partition coefficient (Wildman–Crippen LogP) is -0.718. The van der Waals surface area contributed by atoms with Gasteiger partial charge in [-0.05, 0) is 19.9 Å². The Balaban J connectivity index is 2.15. The highest BCUT2D eigenvalue weighted by atomic mass is 16.7. The van der Waals surface area contributed by atoms with Crippen molar-refractivity contribution >= 4 is 5.78 Å². The highest BCUT2D eigenvalue weighted by molar-refractivity contribution is 5.92. The fraction of sp³-hybridized carbons (Fsp3) is 0.737. The lowest BCUT2D eigenvalue weighted by Crippen LogP contribution is -2.59. The molecule has 2 rings (SSSR count). The van der Waals surface area contributed by atoms with Crippen LogP contribution < -0.4 is 0 Å². The maximum Gasteiger partial charge on any atom is 0.186 e. The first kappa shape index (κ1) is 22.2. The Morgan fingerprint density at radius 1 is 1.33 bits per heavy atom. The van der Waals surface area contributed by atoms with Crippen LogP contribution in [0.25, 0.3) is 0 Å². The lowest BCUT2D eigenvalue weighted by Gasteiger charge is -2.43. The van der Waals surface area contributed by atoms with Crippen molar-refractivity contribution in [2.75, 3.05) is 13.2 Å². The Labute approximate surface area is 158 Å². The lowest BCUT2D eigenvalue weighted by atomic mass is 9.67. The van der Waals surface area contributed by atoms with Gasteiger partial charge in [0.05, 0.1) is 19.3 Å². The summed E-state index contributed by atoms with van der Waals surface area (Å²) in [4.78, 5) is 12.1. The third kappa shape index (κ3) is 5.03. The molecule has 5 N–H and O–H groups in total. The van der Waals surface area contributed by atoms with Crippen LogP contribution in [-0.4, -0.2) is 81.3 Å². The molecule has 2 aliphatic rings. The standard InChI is InChI=1S/C19H30O8/c1-10-6-12(22)7-19(3,13(10)5-4-11(2)21)9-26-18-17(25)16(24)15(23)14(8-20)27-18/h4-6,11,13-18,20-21,23-25H,7-9H2,1-3H3/b5-4+/t11-,13-,14-,15-,16+,17-,18-,19+/m1/s1. The summed E-state index contributed by atoms with van der Waals surface area (Å²) in [6.07, 6.45) is -2.15. The molecule has 1 fully saturated rings. The summed E-state index contributed by atoms with van der Waals surface area (Å²) < 4.78 is 11.1. The molecular formula is C19H30O8. The van der Waals surface area contributed by atoms with Crippen LogP contribution in [0.4, 0.5) is 0 Å². The van der Waals surface area contributed by atoms with E-state index in [1.54, 1.807) is 19.1 Å². The molecule has 154 valence electrons. The van der Waals surface area contributed by atoms with Crippen molar-refractivity contribution in [1.29, 1.82) is 0 Å². The van der Waals surface area contributed by atoms with Gasteiger partial charge in [-0.15, -0.1) is 0 Å². The number of ketones is 1. The summed E-state index contributed by atoms with van der Waals surface area (Å²) >= 11 is 0. The topological polar surface area (TPSA) is 137 Å². The van der Waals surface area contributed by atoms with Crippen molar-refractivity contribution in [3.8, 4) is 0 Å². The number of aliphatic hydroxyl groups excluding tert-OH is 5. The molecule has 0 aromatic heterocycles. The number of rotatable bonds is 6. The van der Waals surface area contributed by atoms with Crippen LogP contribution in [0.1, 0.15) is 27.2 Å². The zero-order valence-corrected chi connectivity index (χ0v) is 15.9. The SMILES string of the molecule is CC1=CC(=O)C[C@@](C)(CO[C@@H]2O[C@H](CO)[C@@H](O)[C@H](O)[C@H]2O)[C@@H]1/C=C/[C@@H](C)O. The number of hydrogen-bond donors (Lipinski definition) is 5. The highest BCUT2D eigenvalue weighted by Crippen LogP contribution is 2.42. The molecule has 1 heterocycles. The van der Waals surface area contributed by atoms with Crippen molar-refractivity contribution < 1.29 is 39.8 Å². The summed E-state index contributed by atoms with van der Waals surface area (Å²) in [6.45, 7) is 4.82. The fourth-order valence-corrected chi connectivity index (χ4v) is 3.73. The molecule has 0 saturated carbocycles. The van der Waals surface area contributed by atoms with E-state index in [0.29, 0.717) is 0 Å². The van der Waals surface area contributed by atoms with Gasteiger partial charge in [0.15, 0.2) is 12.1 Å². The maximum absolute atomic E-state index is 12.1. The molecular weight excluding hydrogens is 356 g/mol. The zero-order valence-electron chi connectivity index (χ0n) is 15.9. The van der Waals surface area contributed by atoms with E-state index in [1.165, 1.54) is 0 Å². The smallest absolute Gasteiger partial charge is 0.186 e. The third-order valence-corrected chi connectivity index (χ3v) is 5.22. The minimum absolute atomic E-state index is 0.0292. The number of aliphatic hydroxyl groups is 5. The molecule has 1 aliphatic heterocycles. The van der Waals surface area contributed by atoms with Crippen LogP contribution in [0.2, 0.25) is 0 Å². The van der Waals surface area contributed by atoms with Crippen molar-refractivity contribution in [3.63, 3.8) is 0 Å². The Hall–Kier alpha value is -1.13. The number of carbonyl (C=O) groups is 1. The van der Waals surface area contributed by atoms with Gasteiger partial charge in [0, 0.05) is 17.8 Å². The van der Waals surface area contributed by atoms with E-state index in [9.17, 15) is 30.3 Å².